The van der Waals surface area contributed by atoms with Crippen molar-refractivity contribution in [2.75, 3.05) is 5.33 Å². The number of carbonyl (C=O) groups is 1. The lowest BCUT2D eigenvalue weighted by Crippen LogP contribution is -2.42. The third-order valence-corrected chi connectivity index (χ3v) is 1.59. The quantitative estimate of drug-likeness (QED) is 0.677. The van der Waals surface area contributed by atoms with Gasteiger partial charge in [0.1, 0.15) is 0 Å². The molecular formula is C8H14BrO3-. The molecule has 12 heavy (non-hydrogen) atoms. The van der Waals surface area contributed by atoms with Crippen molar-refractivity contribution >= 4 is 21.9 Å². The van der Waals surface area contributed by atoms with E-state index in [2.05, 4.69) is 15.9 Å². The largest absolute Gasteiger partial charge is 0.547 e. The molecule has 0 amide bonds. The SMILES string of the molecule is CC(C)(C)OC(CCBr)C(=O)[O-]. The average molecular weight is 238 g/mol. The topological polar surface area (TPSA) is 49.4 Å². The van der Waals surface area contributed by atoms with E-state index in [4.69, 9.17) is 4.74 Å². The standard InChI is InChI=1S/C8H15BrO3/c1-8(2,3)12-6(4-5-9)7(10)11/h6H,4-5H2,1-3H3,(H,10,11)/p-1. The highest BCUT2D eigenvalue weighted by molar-refractivity contribution is 9.09. The number of alkyl halides is 1. The number of rotatable bonds is 4. The summed E-state index contributed by atoms with van der Waals surface area (Å²) in [6, 6.07) is 0. The first kappa shape index (κ1) is 11.9. The van der Waals surface area contributed by atoms with E-state index >= 15 is 0 Å². The summed E-state index contributed by atoms with van der Waals surface area (Å²) < 4.78 is 5.25. The summed E-state index contributed by atoms with van der Waals surface area (Å²) in [5.41, 5.74) is -0.438. The Labute approximate surface area is 81.2 Å². The Bertz CT molecular complexity index is 151. The first-order chi connectivity index (χ1) is 5.37. The molecule has 0 aliphatic heterocycles. The van der Waals surface area contributed by atoms with Gasteiger partial charge in [-0.2, -0.15) is 0 Å². The Morgan fingerprint density at radius 3 is 2.33 bits per heavy atom. The Balaban J connectivity index is 4.05. The molecule has 0 rings (SSSR count). The van der Waals surface area contributed by atoms with Gasteiger partial charge >= 0.3 is 0 Å². The summed E-state index contributed by atoms with van der Waals surface area (Å²) in [5, 5.41) is 11.1. The van der Waals surface area contributed by atoms with Gasteiger partial charge in [0.15, 0.2) is 0 Å². The predicted octanol–water partition coefficient (Wildman–Crippen LogP) is 0.705. The minimum absolute atomic E-state index is 0.430. The van der Waals surface area contributed by atoms with Gasteiger partial charge in [0.25, 0.3) is 0 Å². The second-order valence-corrected chi connectivity index (χ2v) is 4.31. The summed E-state index contributed by atoms with van der Waals surface area (Å²) in [6.07, 6.45) is -0.385. The summed E-state index contributed by atoms with van der Waals surface area (Å²) >= 11 is 3.15. The lowest BCUT2D eigenvalue weighted by atomic mass is 10.1. The molecule has 0 spiro atoms. The maximum atomic E-state index is 10.5. The maximum absolute atomic E-state index is 10.5. The fraction of sp³-hybridized carbons (Fsp3) is 0.875. The Kier molecular flexibility index (Phi) is 4.78. The monoisotopic (exact) mass is 237 g/mol. The fourth-order valence-electron chi connectivity index (χ4n) is 0.751. The normalized spacial score (nSPS) is 14.3. The van der Waals surface area contributed by atoms with Crippen LogP contribution in [-0.4, -0.2) is 23.0 Å². The van der Waals surface area contributed by atoms with Crippen molar-refractivity contribution in [2.45, 2.75) is 38.9 Å². The molecule has 0 N–H and O–H groups in total. The van der Waals surface area contributed by atoms with Crippen LogP contribution in [-0.2, 0) is 9.53 Å². The molecule has 1 unspecified atom stereocenters. The molecule has 4 heteroatoms. The minimum atomic E-state index is -1.15. The minimum Gasteiger partial charge on any atom is -0.547 e. The first-order valence-corrected chi connectivity index (χ1v) is 4.93. The molecule has 0 saturated heterocycles. The van der Waals surface area contributed by atoms with Crippen LogP contribution in [0.3, 0.4) is 0 Å². The van der Waals surface area contributed by atoms with Crippen LogP contribution in [0.15, 0.2) is 0 Å². The molecule has 0 bridgehead atoms. The lowest BCUT2D eigenvalue weighted by Gasteiger charge is -2.27. The van der Waals surface area contributed by atoms with Crippen molar-refractivity contribution in [3.05, 3.63) is 0 Å². The first-order valence-electron chi connectivity index (χ1n) is 3.81. The van der Waals surface area contributed by atoms with Crippen molar-refractivity contribution in [2.24, 2.45) is 0 Å². The molecule has 0 aromatic rings. The number of hydrogen-bond acceptors (Lipinski definition) is 3. The molecule has 0 fully saturated rings. The number of aliphatic carboxylic acids is 1. The van der Waals surface area contributed by atoms with E-state index < -0.39 is 17.7 Å². The van der Waals surface area contributed by atoms with Crippen LogP contribution in [0.2, 0.25) is 0 Å². The van der Waals surface area contributed by atoms with Crippen LogP contribution in [0.4, 0.5) is 0 Å². The van der Waals surface area contributed by atoms with Crippen LogP contribution in [0.5, 0.6) is 0 Å². The van der Waals surface area contributed by atoms with Crippen LogP contribution in [0, 0.1) is 0 Å². The van der Waals surface area contributed by atoms with Gasteiger partial charge in [-0.25, -0.2) is 0 Å². The molecule has 0 saturated carbocycles. The summed E-state index contributed by atoms with van der Waals surface area (Å²) in [7, 11) is 0. The highest BCUT2D eigenvalue weighted by Crippen LogP contribution is 2.13. The number of carboxylic acid groups (broad SMARTS) is 1. The van der Waals surface area contributed by atoms with Crippen molar-refractivity contribution in [3.8, 4) is 0 Å². The molecule has 72 valence electrons. The van der Waals surface area contributed by atoms with E-state index in [0.29, 0.717) is 11.8 Å². The van der Waals surface area contributed by atoms with E-state index in [0.717, 1.165) is 0 Å². The fourth-order valence-corrected chi connectivity index (χ4v) is 1.17. The molecule has 0 aromatic heterocycles. The van der Waals surface area contributed by atoms with Gasteiger partial charge in [-0.05, 0) is 27.2 Å². The highest BCUT2D eigenvalue weighted by Gasteiger charge is 2.18. The van der Waals surface area contributed by atoms with Crippen molar-refractivity contribution < 1.29 is 14.6 Å². The highest BCUT2D eigenvalue weighted by atomic mass is 79.9. The summed E-state index contributed by atoms with van der Waals surface area (Å²) in [6.45, 7) is 5.45. The Hall–Kier alpha value is -0.0900. The third-order valence-electron chi connectivity index (χ3n) is 1.13. The van der Waals surface area contributed by atoms with E-state index in [1.807, 2.05) is 20.8 Å². The van der Waals surface area contributed by atoms with Crippen LogP contribution < -0.4 is 5.11 Å². The maximum Gasteiger partial charge on any atom is 0.0983 e. The lowest BCUT2D eigenvalue weighted by molar-refractivity contribution is -0.320. The van der Waals surface area contributed by atoms with Crippen molar-refractivity contribution in [3.63, 3.8) is 0 Å². The number of carboxylic acids is 1. The number of halogens is 1. The number of ether oxygens (including phenoxy) is 1. The molecule has 3 nitrogen and oxygen atoms in total. The van der Waals surface area contributed by atoms with E-state index in [1.54, 1.807) is 0 Å². The molecule has 0 aliphatic rings. The van der Waals surface area contributed by atoms with E-state index in [9.17, 15) is 9.90 Å². The molecule has 0 radical (unpaired) electrons. The Morgan fingerprint density at radius 2 is 2.08 bits per heavy atom. The second kappa shape index (κ2) is 4.82. The van der Waals surface area contributed by atoms with Gasteiger partial charge in [-0.3, -0.25) is 0 Å². The summed E-state index contributed by atoms with van der Waals surface area (Å²) in [5.74, 6) is -1.15. The number of hydrogen-bond donors (Lipinski definition) is 0. The van der Waals surface area contributed by atoms with Gasteiger partial charge in [0, 0.05) is 5.33 Å². The molecular weight excluding hydrogens is 224 g/mol. The van der Waals surface area contributed by atoms with Gasteiger partial charge < -0.3 is 14.6 Å². The van der Waals surface area contributed by atoms with Gasteiger partial charge in [0.2, 0.25) is 0 Å². The van der Waals surface area contributed by atoms with Gasteiger partial charge in [-0.1, -0.05) is 15.9 Å². The average Bonchev–Trinajstić information content (AvgIpc) is 1.83. The zero-order valence-corrected chi connectivity index (χ0v) is 9.18. The summed E-state index contributed by atoms with van der Waals surface area (Å²) in [4.78, 5) is 10.5. The second-order valence-electron chi connectivity index (χ2n) is 3.52. The zero-order chi connectivity index (χ0) is 9.78. The number of carbonyl (C=O) groups excluding carboxylic acids is 1. The Morgan fingerprint density at radius 1 is 1.58 bits per heavy atom. The molecule has 0 heterocycles. The molecule has 0 aromatic carbocycles. The molecule has 1 atom stereocenters. The van der Waals surface area contributed by atoms with Crippen molar-refractivity contribution in [1.82, 2.24) is 0 Å². The van der Waals surface area contributed by atoms with E-state index in [1.165, 1.54) is 0 Å². The van der Waals surface area contributed by atoms with Gasteiger partial charge in [0.05, 0.1) is 17.7 Å². The third kappa shape index (κ3) is 5.55. The van der Waals surface area contributed by atoms with Crippen LogP contribution >= 0.6 is 15.9 Å². The molecule has 0 aliphatic carbocycles. The van der Waals surface area contributed by atoms with Crippen LogP contribution in [0.1, 0.15) is 27.2 Å². The van der Waals surface area contributed by atoms with Crippen LogP contribution in [0.25, 0.3) is 0 Å². The van der Waals surface area contributed by atoms with E-state index in [-0.39, 0.29) is 0 Å². The predicted molar refractivity (Wildman–Crippen MR) is 48.0 cm³/mol. The zero-order valence-electron chi connectivity index (χ0n) is 7.59. The smallest absolute Gasteiger partial charge is 0.0983 e. The van der Waals surface area contributed by atoms with Crippen molar-refractivity contribution in [1.29, 1.82) is 0 Å². The van der Waals surface area contributed by atoms with Gasteiger partial charge in [-0.15, -0.1) is 0 Å².